The van der Waals surface area contributed by atoms with Gasteiger partial charge < -0.3 is 19.3 Å². The molecule has 8 nitrogen and oxygen atoms in total. The number of allylic oxidation sites excluding steroid dienone is 10. The summed E-state index contributed by atoms with van der Waals surface area (Å²) in [5.41, 5.74) is 0. The van der Waals surface area contributed by atoms with Crippen molar-refractivity contribution in [2.45, 2.75) is 213 Å². The molecule has 0 heterocycles. The fourth-order valence-corrected chi connectivity index (χ4v) is 6.49. The molecular weight excluding hydrogens is 723 g/mol. The molecule has 1 atom stereocenters. The Bertz CT molecular complexity index is 1090. The summed E-state index contributed by atoms with van der Waals surface area (Å²) in [4.78, 5) is 42.9. The average Bonchev–Trinajstić information content (AvgIpc) is 3.17. The van der Waals surface area contributed by atoms with E-state index < -0.39 is 32.5 Å². The largest absolute Gasteiger partial charge is 0.469 e. The van der Waals surface area contributed by atoms with Crippen LogP contribution in [0.2, 0.25) is 0 Å². The highest BCUT2D eigenvalue weighted by molar-refractivity contribution is 7.46. The maximum atomic E-state index is 12.4. The number of esters is 2. The van der Waals surface area contributed by atoms with Gasteiger partial charge in [-0.15, -0.1) is 0 Å². The molecule has 0 radical (unpaired) electrons. The predicted octanol–water partition coefficient (Wildman–Crippen LogP) is 14.1. The van der Waals surface area contributed by atoms with Gasteiger partial charge in [-0.3, -0.25) is 14.1 Å². The van der Waals surface area contributed by atoms with Crippen LogP contribution >= 0.6 is 7.82 Å². The van der Waals surface area contributed by atoms with Crippen molar-refractivity contribution in [2.24, 2.45) is 0 Å². The molecule has 0 fully saturated rings. The van der Waals surface area contributed by atoms with E-state index in [1.807, 2.05) is 6.08 Å². The van der Waals surface area contributed by atoms with Gasteiger partial charge in [0.05, 0.1) is 6.61 Å². The molecule has 0 saturated carbocycles. The summed E-state index contributed by atoms with van der Waals surface area (Å²) in [7, 11) is -4.77. The molecule has 0 aliphatic heterocycles. The van der Waals surface area contributed by atoms with Gasteiger partial charge in [0, 0.05) is 12.8 Å². The van der Waals surface area contributed by atoms with E-state index in [1.165, 1.54) is 116 Å². The molecule has 0 spiro atoms. The van der Waals surface area contributed by atoms with E-state index in [9.17, 15) is 14.2 Å². The van der Waals surface area contributed by atoms with Crippen molar-refractivity contribution in [3.8, 4) is 0 Å². The summed E-state index contributed by atoms with van der Waals surface area (Å²) in [6.45, 7) is 3.64. The standard InChI is InChI=1S/C47H83O8P/c1-3-5-7-9-11-13-15-17-19-21-22-23-24-26-28-30-32-34-36-38-40-42-47(49)55-45(44-54-56(50,51)52)43-53-46(48)41-39-37-35-33-31-29-27-25-20-18-16-14-12-10-8-6-4-2/h18-21,23-24,28,30,34,36,45H,3-17,22,25-27,29,31-33,35,37-44H2,1-2H3,(H2,50,51,52)/b20-18+,21-19+,24-23+,30-28+,36-34+/t45-/m1/s1. The number of hydrogen-bond donors (Lipinski definition) is 2. The van der Waals surface area contributed by atoms with E-state index in [-0.39, 0.29) is 19.4 Å². The second-order valence-corrected chi connectivity index (χ2v) is 16.3. The molecule has 0 aromatic heterocycles. The number of hydrogen-bond acceptors (Lipinski definition) is 6. The van der Waals surface area contributed by atoms with Crippen LogP contribution in [0.5, 0.6) is 0 Å². The van der Waals surface area contributed by atoms with E-state index >= 15 is 0 Å². The van der Waals surface area contributed by atoms with Crippen molar-refractivity contribution in [3.05, 3.63) is 60.8 Å². The van der Waals surface area contributed by atoms with Crippen LogP contribution in [-0.2, 0) is 28.2 Å². The summed E-state index contributed by atoms with van der Waals surface area (Å²) < 4.78 is 26.4. The number of rotatable bonds is 41. The Labute approximate surface area is 343 Å². The fraction of sp³-hybridized carbons (Fsp3) is 0.745. The minimum Gasteiger partial charge on any atom is -0.462 e. The number of carbonyl (C=O) groups excluding carboxylic acids is 2. The SMILES string of the molecule is CCCCCCCC/C=C/CCCCCCCCCC(=O)OC[C@H](COP(=O)(O)O)OC(=O)CCC/C=C/C/C=C/C/C=C/C/C=C/CCCCCCCCC. The van der Waals surface area contributed by atoms with Crippen molar-refractivity contribution in [1.82, 2.24) is 0 Å². The summed E-state index contributed by atoms with van der Waals surface area (Å²) in [6, 6.07) is 0. The first-order valence-electron chi connectivity index (χ1n) is 22.6. The highest BCUT2D eigenvalue weighted by Crippen LogP contribution is 2.36. The molecule has 9 heteroatoms. The van der Waals surface area contributed by atoms with Gasteiger partial charge in [0.15, 0.2) is 6.10 Å². The zero-order valence-electron chi connectivity index (χ0n) is 35.8. The van der Waals surface area contributed by atoms with Crippen LogP contribution in [0.25, 0.3) is 0 Å². The van der Waals surface area contributed by atoms with Crippen LogP contribution in [-0.4, -0.2) is 41.0 Å². The zero-order chi connectivity index (χ0) is 41.1. The van der Waals surface area contributed by atoms with E-state index in [0.717, 1.165) is 44.9 Å². The summed E-state index contributed by atoms with van der Waals surface area (Å²) in [6.07, 6.45) is 53.8. The quantitative estimate of drug-likeness (QED) is 0.0271. The molecule has 0 bridgehead atoms. The van der Waals surface area contributed by atoms with Crippen molar-refractivity contribution in [3.63, 3.8) is 0 Å². The lowest BCUT2D eigenvalue weighted by Crippen LogP contribution is -2.29. The lowest BCUT2D eigenvalue weighted by atomic mass is 10.1. The average molecular weight is 807 g/mol. The molecule has 0 unspecified atom stereocenters. The van der Waals surface area contributed by atoms with Gasteiger partial charge in [-0.2, -0.15) is 0 Å². The number of unbranched alkanes of at least 4 members (excludes halogenated alkanes) is 21. The second kappa shape index (κ2) is 42.4. The zero-order valence-corrected chi connectivity index (χ0v) is 36.7. The lowest BCUT2D eigenvalue weighted by Gasteiger charge is -2.18. The molecule has 0 rings (SSSR count). The van der Waals surface area contributed by atoms with Crippen LogP contribution in [0.15, 0.2) is 60.8 Å². The smallest absolute Gasteiger partial charge is 0.462 e. The first-order valence-corrected chi connectivity index (χ1v) is 24.1. The molecule has 324 valence electrons. The first-order chi connectivity index (χ1) is 27.3. The van der Waals surface area contributed by atoms with Gasteiger partial charge >= 0.3 is 19.8 Å². The second-order valence-electron chi connectivity index (χ2n) is 15.0. The van der Waals surface area contributed by atoms with Crippen LogP contribution in [0.4, 0.5) is 0 Å². The first kappa shape index (κ1) is 53.8. The number of phosphoric acid groups is 1. The molecule has 0 aromatic rings. The van der Waals surface area contributed by atoms with Crippen molar-refractivity contribution in [2.75, 3.05) is 13.2 Å². The Kier molecular flexibility index (Phi) is 40.7. The Morgan fingerprint density at radius 3 is 1.27 bits per heavy atom. The summed E-state index contributed by atoms with van der Waals surface area (Å²) >= 11 is 0. The fourth-order valence-electron chi connectivity index (χ4n) is 6.13. The molecular formula is C47H83O8P. The molecule has 0 saturated heterocycles. The van der Waals surface area contributed by atoms with Gasteiger partial charge in [0.25, 0.3) is 0 Å². The van der Waals surface area contributed by atoms with Crippen LogP contribution in [0, 0.1) is 0 Å². The highest BCUT2D eigenvalue weighted by atomic mass is 31.2. The van der Waals surface area contributed by atoms with Gasteiger partial charge in [0.2, 0.25) is 0 Å². The Morgan fingerprint density at radius 1 is 0.464 bits per heavy atom. The Hall–Kier alpha value is -2.25. The highest BCUT2D eigenvalue weighted by Gasteiger charge is 2.22. The molecule has 0 amide bonds. The van der Waals surface area contributed by atoms with Crippen molar-refractivity contribution in [1.29, 1.82) is 0 Å². The molecule has 0 aromatic carbocycles. The van der Waals surface area contributed by atoms with E-state index in [1.54, 1.807) is 0 Å². The number of carbonyl (C=O) groups is 2. The van der Waals surface area contributed by atoms with Gasteiger partial charge in [0.1, 0.15) is 6.61 Å². The van der Waals surface area contributed by atoms with Gasteiger partial charge in [-0.1, -0.05) is 177 Å². The van der Waals surface area contributed by atoms with E-state index in [4.69, 9.17) is 19.3 Å². The predicted molar refractivity (Wildman–Crippen MR) is 234 cm³/mol. The molecule has 56 heavy (non-hydrogen) atoms. The topological polar surface area (TPSA) is 119 Å². The monoisotopic (exact) mass is 807 g/mol. The van der Waals surface area contributed by atoms with Crippen LogP contribution in [0.1, 0.15) is 206 Å². The maximum absolute atomic E-state index is 12.4. The third-order valence-electron chi connectivity index (χ3n) is 9.51. The van der Waals surface area contributed by atoms with E-state index in [2.05, 4.69) is 73.1 Å². The minimum atomic E-state index is -4.77. The summed E-state index contributed by atoms with van der Waals surface area (Å²) in [5.74, 6) is -0.955. The molecule has 0 aliphatic carbocycles. The van der Waals surface area contributed by atoms with Crippen molar-refractivity contribution >= 4 is 19.8 Å². The minimum absolute atomic E-state index is 0.134. The third-order valence-corrected chi connectivity index (χ3v) is 9.99. The van der Waals surface area contributed by atoms with Gasteiger partial charge in [-0.25, -0.2) is 4.57 Å². The van der Waals surface area contributed by atoms with Crippen LogP contribution < -0.4 is 0 Å². The molecule has 0 aliphatic rings. The lowest BCUT2D eigenvalue weighted by molar-refractivity contribution is -0.161. The normalized spacial score (nSPS) is 13.0. The van der Waals surface area contributed by atoms with E-state index in [0.29, 0.717) is 19.3 Å². The van der Waals surface area contributed by atoms with Crippen molar-refractivity contribution < 1.29 is 37.9 Å². The Morgan fingerprint density at radius 2 is 0.821 bits per heavy atom. The summed E-state index contributed by atoms with van der Waals surface area (Å²) in [5, 5.41) is 0. The number of ether oxygens (including phenoxy) is 2. The Balaban J connectivity index is 4.00. The third kappa shape index (κ3) is 44.5. The van der Waals surface area contributed by atoms with Crippen LogP contribution in [0.3, 0.4) is 0 Å². The number of phosphoric ester groups is 1. The maximum Gasteiger partial charge on any atom is 0.469 e. The van der Waals surface area contributed by atoms with Gasteiger partial charge in [-0.05, 0) is 77.0 Å². The molecule has 2 N–H and O–H groups in total.